The number of alkyl halides is 3. The number of hydrogen-bond acceptors (Lipinski definition) is 5. The molecule has 1 aromatic carbocycles. The van der Waals surface area contributed by atoms with Crippen LogP contribution in [-0.4, -0.2) is 37.2 Å². The lowest BCUT2D eigenvalue weighted by Gasteiger charge is -2.20. The van der Waals surface area contributed by atoms with Crippen molar-refractivity contribution in [1.29, 1.82) is 0 Å². The van der Waals surface area contributed by atoms with Crippen LogP contribution in [0.1, 0.15) is 22.4 Å². The highest BCUT2D eigenvalue weighted by Crippen LogP contribution is 2.29. The molecule has 0 spiro atoms. The number of anilines is 1. The van der Waals surface area contributed by atoms with E-state index in [1.54, 1.807) is 6.07 Å². The number of aryl methyl sites for hydroxylation is 1. The highest BCUT2D eigenvalue weighted by atomic mass is 35.5. The molecule has 2 heterocycles. The first-order valence-electron chi connectivity index (χ1n) is 9.85. The van der Waals surface area contributed by atoms with Crippen LogP contribution in [-0.2, 0) is 19.1 Å². The minimum Gasteiger partial charge on any atom is -0.384 e. The van der Waals surface area contributed by atoms with Gasteiger partial charge in [0.2, 0.25) is 0 Å². The first-order chi connectivity index (χ1) is 13.8. The lowest BCUT2D eigenvalue weighted by atomic mass is 9.97. The highest BCUT2D eigenvalue weighted by molar-refractivity contribution is 5.85. The Bertz CT molecular complexity index is 795. The summed E-state index contributed by atoms with van der Waals surface area (Å²) in [6, 6.07) is 9.69. The van der Waals surface area contributed by atoms with Gasteiger partial charge in [0.05, 0.1) is 5.56 Å². The van der Waals surface area contributed by atoms with Gasteiger partial charge in [0, 0.05) is 37.9 Å². The quantitative estimate of drug-likeness (QED) is 0.472. The van der Waals surface area contributed by atoms with E-state index in [1.807, 2.05) is 13.0 Å². The van der Waals surface area contributed by atoms with Gasteiger partial charge in [-0.2, -0.15) is 13.2 Å². The molecule has 1 aliphatic rings. The van der Waals surface area contributed by atoms with E-state index in [9.17, 15) is 13.2 Å². The Labute approximate surface area is 181 Å². The van der Waals surface area contributed by atoms with Crippen molar-refractivity contribution in [2.24, 2.45) is 5.92 Å². The summed E-state index contributed by atoms with van der Waals surface area (Å²) in [5, 5.41) is 10.2. The number of rotatable bonds is 8. The number of nitrogen functional groups attached to an aromatic ring is 1. The summed E-state index contributed by atoms with van der Waals surface area (Å²) >= 11 is 0. The van der Waals surface area contributed by atoms with Crippen LogP contribution in [0, 0.1) is 12.8 Å². The molecule has 1 aliphatic heterocycles. The molecule has 5 N–H and O–H groups in total. The summed E-state index contributed by atoms with van der Waals surface area (Å²) < 4.78 is 38.3. The van der Waals surface area contributed by atoms with Crippen molar-refractivity contribution in [2.45, 2.75) is 32.1 Å². The standard InChI is InChI=1S/C21H28F3N5.ClH/c1-14-7-18(29-20(25)8-14)10-16-12-27-13-19(16)28-6-5-26-11-15-3-2-4-17(9-15)21(22,23)24;/h2-4,7-9,16,19,26-28H,5-6,10-13H2,1H3,(H2,25,29);1H/t16-,19+;/m0./s1. The maximum atomic E-state index is 12.8. The second-order valence-corrected chi connectivity index (χ2v) is 7.62. The molecule has 2 aromatic rings. The first-order valence-corrected chi connectivity index (χ1v) is 9.85. The second kappa shape index (κ2) is 10.9. The predicted octanol–water partition coefficient (Wildman–Crippen LogP) is 2.92. The van der Waals surface area contributed by atoms with E-state index in [-0.39, 0.29) is 12.4 Å². The number of nitrogens with two attached hydrogens (primary N) is 1. The summed E-state index contributed by atoms with van der Waals surface area (Å²) in [5.74, 6) is 0.974. The van der Waals surface area contributed by atoms with Gasteiger partial charge in [-0.1, -0.05) is 18.2 Å². The van der Waals surface area contributed by atoms with Crippen LogP contribution in [0.5, 0.6) is 0 Å². The fraction of sp³-hybridized carbons (Fsp3) is 0.476. The lowest BCUT2D eigenvalue weighted by molar-refractivity contribution is -0.137. The normalized spacial score (nSPS) is 18.9. The van der Waals surface area contributed by atoms with E-state index in [0.717, 1.165) is 43.4 Å². The Kier molecular flexibility index (Phi) is 8.91. The fourth-order valence-corrected chi connectivity index (χ4v) is 3.76. The molecule has 1 fully saturated rings. The van der Waals surface area contributed by atoms with Crippen molar-refractivity contribution in [2.75, 3.05) is 31.9 Å². The van der Waals surface area contributed by atoms with E-state index in [2.05, 4.69) is 27.0 Å². The molecular weight excluding hydrogens is 415 g/mol. The van der Waals surface area contributed by atoms with Gasteiger partial charge >= 0.3 is 6.18 Å². The maximum Gasteiger partial charge on any atom is 0.416 e. The second-order valence-electron chi connectivity index (χ2n) is 7.62. The minimum absolute atomic E-state index is 0. The Morgan fingerprint density at radius 2 is 1.97 bits per heavy atom. The third kappa shape index (κ3) is 7.12. The van der Waals surface area contributed by atoms with Gasteiger partial charge in [-0.15, -0.1) is 12.4 Å². The van der Waals surface area contributed by atoms with Crippen LogP contribution in [0.4, 0.5) is 19.0 Å². The van der Waals surface area contributed by atoms with Crippen molar-refractivity contribution in [1.82, 2.24) is 20.9 Å². The minimum atomic E-state index is -4.31. The molecule has 0 aliphatic carbocycles. The number of nitrogens with one attached hydrogen (secondary N) is 3. The molecule has 1 aromatic heterocycles. The van der Waals surface area contributed by atoms with Crippen LogP contribution in [0.15, 0.2) is 36.4 Å². The van der Waals surface area contributed by atoms with Crippen molar-refractivity contribution >= 4 is 18.2 Å². The molecule has 0 saturated carbocycles. The smallest absolute Gasteiger partial charge is 0.384 e. The Balaban J connectivity index is 0.00000320. The summed E-state index contributed by atoms with van der Waals surface area (Å²) in [6.45, 7) is 5.65. The molecule has 9 heteroatoms. The summed E-state index contributed by atoms with van der Waals surface area (Å²) in [4.78, 5) is 4.43. The summed E-state index contributed by atoms with van der Waals surface area (Å²) in [5.41, 5.74) is 7.99. The van der Waals surface area contributed by atoms with Gasteiger partial charge < -0.3 is 21.7 Å². The number of aromatic nitrogens is 1. The van der Waals surface area contributed by atoms with Gasteiger partial charge in [-0.3, -0.25) is 0 Å². The zero-order valence-electron chi connectivity index (χ0n) is 16.9. The number of pyridine rings is 1. The lowest BCUT2D eigenvalue weighted by Crippen LogP contribution is -2.40. The van der Waals surface area contributed by atoms with E-state index in [0.29, 0.717) is 36.4 Å². The van der Waals surface area contributed by atoms with E-state index in [4.69, 9.17) is 5.73 Å². The third-order valence-corrected chi connectivity index (χ3v) is 5.15. The first kappa shape index (κ1) is 24.4. The predicted molar refractivity (Wildman–Crippen MR) is 116 cm³/mol. The maximum absolute atomic E-state index is 12.8. The number of halogens is 4. The molecule has 30 heavy (non-hydrogen) atoms. The van der Waals surface area contributed by atoms with Gasteiger partial charge in [0.25, 0.3) is 0 Å². The average molecular weight is 444 g/mol. The Hall–Kier alpha value is -1.87. The number of hydrogen-bond donors (Lipinski definition) is 4. The number of nitrogens with zero attached hydrogens (tertiary/aromatic N) is 1. The molecule has 2 atom stereocenters. The zero-order chi connectivity index (χ0) is 20.9. The van der Waals surface area contributed by atoms with Crippen molar-refractivity contribution in [3.05, 3.63) is 58.8 Å². The summed E-state index contributed by atoms with van der Waals surface area (Å²) in [6.07, 6.45) is -3.45. The molecule has 0 amide bonds. The van der Waals surface area contributed by atoms with Crippen molar-refractivity contribution < 1.29 is 13.2 Å². The topological polar surface area (TPSA) is 75.0 Å². The van der Waals surface area contributed by atoms with Gasteiger partial charge in [0.1, 0.15) is 5.82 Å². The monoisotopic (exact) mass is 443 g/mol. The average Bonchev–Trinajstić information content (AvgIpc) is 3.07. The zero-order valence-corrected chi connectivity index (χ0v) is 17.7. The van der Waals surface area contributed by atoms with Crippen molar-refractivity contribution in [3.63, 3.8) is 0 Å². The van der Waals surface area contributed by atoms with E-state index in [1.165, 1.54) is 12.1 Å². The third-order valence-electron chi connectivity index (χ3n) is 5.15. The number of benzene rings is 1. The van der Waals surface area contributed by atoms with Gasteiger partial charge in [-0.25, -0.2) is 4.98 Å². The van der Waals surface area contributed by atoms with E-state index < -0.39 is 11.7 Å². The highest BCUT2D eigenvalue weighted by Gasteiger charge is 2.30. The van der Waals surface area contributed by atoms with Gasteiger partial charge in [-0.05, 0) is 55.1 Å². The van der Waals surface area contributed by atoms with E-state index >= 15 is 0 Å². The molecule has 166 valence electrons. The van der Waals surface area contributed by atoms with Crippen LogP contribution in [0.3, 0.4) is 0 Å². The molecule has 0 unspecified atom stereocenters. The Morgan fingerprint density at radius 1 is 1.17 bits per heavy atom. The molecule has 5 nitrogen and oxygen atoms in total. The fourth-order valence-electron chi connectivity index (χ4n) is 3.76. The Morgan fingerprint density at radius 3 is 2.70 bits per heavy atom. The SMILES string of the molecule is Cc1cc(N)nc(C[C@H]2CNC[C@H]2NCCNCc2cccc(C(F)(F)F)c2)c1.Cl. The molecule has 0 radical (unpaired) electrons. The largest absolute Gasteiger partial charge is 0.416 e. The molecule has 3 rings (SSSR count). The van der Waals surface area contributed by atoms with Crippen LogP contribution < -0.4 is 21.7 Å². The van der Waals surface area contributed by atoms with Crippen LogP contribution in [0.2, 0.25) is 0 Å². The van der Waals surface area contributed by atoms with Crippen LogP contribution >= 0.6 is 12.4 Å². The van der Waals surface area contributed by atoms with Crippen LogP contribution in [0.25, 0.3) is 0 Å². The molecule has 0 bridgehead atoms. The van der Waals surface area contributed by atoms with Gasteiger partial charge in [0.15, 0.2) is 0 Å². The molecule has 1 saturated heterocycles. The summed E-state index contributed by atoms with van der Waals surface area (Å²) in [7, 11) is 0. The molecular formula is C21H29ClF3N5. The van der Waals surface area contributed by atoms with Crippen molar-refractivity contribution in [3.8, 4) is 0 Å².